The van der Waals surface area contributed by atoms with Crippen LogP contribution in [0, 0.1) is 6.92 Å². The van der Waals surface area contributed by atoms with Crippen molar-refractivity contribution in [3.63, 3.8) is 0 Å². The van der Waals surface area contributed by atoms with Gasteiger partial charge in [-0.05, 0) is 47.2 Å². The molecule has 0 radical (unpaired) electrons. The van der Waals surface area contributed by atoms with E-state index in [4.69, 9.17) is 0 Å². The van der Waals surface area contributed by atoms with Crippen LogP contribution in [0.3, 0.4) is 0 Å². The molecule has 0 amide bonds. The molecule has 2 heterocycles. The molecule has 0 atom stereocenters. The monoisotopic (exact) mass is 313 g/mol. The summed E-state index contributed by atoms with van der Waals surface area (Å²) in [5.74, 6) is 1.10. The van der Waals surface area contributed by atoms with E-state index in [2.05, 4.69) is 63.0 Å². The number of hydrogen-bond acceptors (Lipinski definition) is 3. The first-order chi connectivity index (χ1) is 8.17. The van der Waals surface area contributed by atoms with Crippen molar-refractivity contribution in [3.8, 4) is 0 Å². The van der Waals surface area contributed by atoms with E-state index in [9.17, 15) is 0 Å². The topological polar surface area (TPSA) is 29.3 Å². The highest BCUT2D eigenvalue weighted by Gasteiger charge is 2.13. The number of anilines is 1. The van der Waals surface area contributed by atoms with Crippen LogP contribution >= 0.6 is 27.7 Å². The average molecular weight is 314 g/mol. The van der Waals surface area contributed by atoms with Crippen molar-refractivity contribution in [1.82, 2.24) is 9.38 Å². The summed E-state index contributed by atoms with van der Waals surface area (Å²) in [7, 11) is 0. The second-order valence-electron chi connectivity index (χ2n) is 3.96. The molecule has 3 nitrogen and oxygen atoms in total. The minimum absolute atomic E-state index is 0.965. The first-order valence-corrected chi connectivity index (χ1v) is 7.65. The lowest BCUT2D eigenvalue weighted by Gasteiger charge is -2.07. The van der Waals surface area contributed by atoms with Crippen molar-refractivity contribution >= 4 is 39.2 Å². The molecule has 0 unspecified atom stereocenters. The van der Waals surface area contributed by atoms with Gasteiger partial charge in [-0.2, -0.15) is 0 Å². The van der Waals surface area contributed by atoms with Gasteiger partial charge < -0.3 is 5.32 Å². The minimum Gasteiger partial charge on any atom is -0.369 e. The van der Waals surface area contributed by atoms with Crippen LogP contribution < -0.4 is 5.32 Å². The molecule has 0 saturated carbocycles. The quantitative estimate of drug-likeness (QED) is 0.867. The Balaban J connectivity index is 2.60. The largest absolute Gasteiger partial charge is 0.369 e. The second-order valence-corrected chi connectivity index (χ2v) is 5.60. The fourth-order valence-corrected chi connectivity index (χ4v) is 2.94. The number of hydrogen-bond donors (Lipinski definition) is 1. The lowest BCUT2D eigenvalue weighted by molar-refractivity contribution is 0.954. The highest BCUT2D eigenvalue weighted by molar-refractivity contribution is 9.10. The van der Waals surface area contributed by atoms with Gasteiger partial charge in [0, 0.05) is 12.7 Å². The standard InChI is InChI=1S/C12H16BrN3S/c1-4-5-14-11-12(17-3)15-10-9(13)6-8(2)7-16(10)11/h6-7,14H,4-5H2,1-3H3. The van der Waals surface area contributed by atoms with Crippen LogP contribution in [0.25, 0.3) is 5.65 Å². The van der Waals surface area contributed by atoms with Crippen LogP contribution in [0.1, 0.15) is 18.9 Å². The van der Waals surface area contributed by atoms with Gasteiger partial charge in [-0.15, -0.1) is 11.8 Å². The smallest absolute Gasteiger partial charge is 0.154 e. The SMILES string of the molecule is CCCNc1c(SC)nc2c(Br)cc(C)cn12. The molecule has 0 aliphatic heterocycles. The van der Waals surface area contributed by atoms with Gasteiger partial charge in [0.2, 0.25) is 0 Å². The maximum Gasteiger partial charge on any atom is 0.154 e. The molecule has 2 aromatic heterocycles. The molecular weight excluding hydrogens is 298 g/mol. The average Bonchev–Trinajstić information content (AvgIpc) is 2.64. The van der Waals surface area contributed by atoms with E-state index < -0.39 is 0 Å². The number of thioether (sulfide) groups is 1. The summed E-state index contributed by atoms with van der Waals surface area (Å²) >= 11 is 5.24. The highest BCUT2D eigenvalue weighted by atomic mass is 79.9. The van der Waals surface area contributed by atoms with Gasteiger partial charge in [0.1, 0.15) is 10.8 Å². The van der Waals surface area contributed by atoms with Gasteiger partial charge in [-0.3, -0.25) is 4.40 Å². The van der Waals surface area contributed by atoms with Crippen LogP contribution in [-0.4, -0.2) is 22.2 Å². The third kappa shape index (κ3) is 2.45. The highest BCUT2D eigenvalue weighted by Crippen LogP contribution is 2.30. The number of aromatic nitrogens is 2. The van der Waals surface area contributed by atoms with Crippen LogP contribution in [-0.2, 0) is 0 Å². The van der Waals surface area contributed by atoms with Crippen molar-refractivity contribution in [2.45, 2.75) is 25.3 Å². The number of pyridine rings is 1. The molecule has 92 valence electrons. The van der Waals surface area contributed by atoms with E-state index in [1.165, 1.54) is 5.56 Å². The normalized spacial score (nSPS) is 11.1. The molecule has 17 heavy (non-hydrogen) atoms. The Morgan fingerprint density at radius 1 is 1.53 bits per heavy atom. The van der Waals surface area contributed by atoms with Crippen LogP contribution in [0.2, 0.25) is 0 Å². The Morgan fingerprint density at radius 3 is 2.94 bits per heavy atom. The molecule has 5 heteroatoms. The zero-order valence-corrected chi connectivity index (χ0v) is 12.7. The number of nitrogens with zero attached hydrogens (tertiary/aromatic N) is 2. The molecule has 0 fully saturated rings. The van der Waals surface area contributed by atoms with E-state index >= 15 is 0 Å². The predicted octanol–water partition coefficient (Wildman–Crippen LogP) is 3.95. The van der Waals surface area contributed by atoms with Gasteiger partial charge in [0.15, 0.2) is 5.65 Å². The number of halogens is 1. The summed E-state index contributed by atoms with van der Waals surface area (Å²) in [4.78, 5) is 4.64. The number of aryl methyl sites for hydroxylation is 1. The number of fused-ring (bicyclic) bond motifs is 1. The summed E-state index contributed by atoms with van der Waals surface area (Å²) in [6.07, 6.45) is 5.28. The van der Waals surface area contributed by atoms with Gasteiger partial charge in [0.25, 0.3) is 0 Å². The number of rotatable bonds is 4. The minimum atomic E-state index is 0.965. The Hall–Kier alpha value is -0.680. The maximum absolute atomic E-state index is 4.64. The van der Waals surface area contributed by atoms with E-state index in [1.807, 2.05) is 0 Å². The van der Waals surface area contributed by atoms with Crippen molar-refractivity contribution in [3.05, 3.63) is 22.3 Å². The molecule has 0 bridgehead atoms. The first-order valence-electron chi connectivity index (χ1n) is 5.63. The Labute approximate surface area is 114 Å². The molecule has 2 rings (SSSR count). The van der Waals surface area contributed by atoms with E-state index in [-0.39, 0.29) is 0 Å². The maximum atomic E-state index is 4.64. The third-order valence-corrected chi connectivity index (χ3v) is 3.77. The second kappa shape index (κ2) is 5.31. The van der Waals surface area contributed by atoms with Crippen LogP contribution in [0.15, 0.2) is 21.8 Å². The van der Waals surface area contributed by atoms with Crippen LogP contribution in [0.5, 0.6) is 0 Å². The summed E-state index contributed by atoms with van der Waals surface area (Å²) in [5, 5.41) is 4.50. The van der Waals surface area contributed by atoms with Crippen molar-refractivity contribution < 1.29 is 0 Å². The van der Waals surface area contributed by atoms with E-state index in [0.29, 0.717) is 0 Å². The van der Waals surface area contributed by atoms with Gasteiger partial charge >= 0.3 is 0 Å². The summed E-state index contributed by atoms with van der Waals surface area (Å²) in [6, 6.07) is 2.09. The van der Waals surface area contributed by atoms with Crippen molar-refractivity contribution in [1.29, 1.82) is 0 Å². The van der Waals surface area contributed by atoms with Gasteiger partial charge in [-0.1, -0.05) is 6.92 Å². The third-order valence-electron chi connectivity index (χ3n) is 2.52. The molecule has 2 aromatic rings. The Bertz CT molecular complexity index is 536. The number of imidazole rings is 1. The molecule has 0 aromatic carbocycles. The summed E-state index contributed by atoms with van der Waals surface area (Å²) < 4.78 is 3.17. The lowest BCUT2D eigenvalue weighted by atomic mass is 10.3. The first kappa shape index (κ1) is 12.8. The molecule has 0 spiro atoms. The van der Waals surface area contributed by atoms with Crippen molar-refractivity contribution in [2.24, 2.45) is 0 Å². The Morgan fingerprint density at radius 2 is 2.29 bits per heavy atom. The summed E-state index contributed by atoms with van der Waals surface area (Å²) in [5.41, 5.74) is 2.19. The molecule has 0 saturated heterocycles. The Kier molecular flexibility index (Phi) is 3.99. The lowest BCUT2D eigenvalue weighted by Crippen LogP contribution is -2.03. The molecule has 1 N–H and O–H groups in total. The van der Waals surface area contributed by atoms with Gasteiger partial charge in [-0.25, -0.2) is 4.98 Å². The molecule has 0 aliphatic carbocycles. The molecule has 0 aliphatic rings. The van der Waals surface area contributed by atoms with Crippen LogP contribution in [0.4, 0.5) is 5.82 Å². The van der Waals surface area contributed by atoms with E-state index in [0.717, 1.165) is 33.9 Å². The van der Waals surface area contributed by atoms with Crippen molar-refractivity contribution in [2.75, 3.05) is 18.1 Å². The molecular formula is C12H16BrN3S. The number of nitrogens with one attached hydrogen (secondary N) is 1. The fourth-order valence-electron chi connectivity index (χ4n) is 1.76. The van der Waals surface area contributed by atoms with Gasteiger partial charge in [0.05, 0.1) is 4.47 Å². The fraction of sp³-hybridized carbons (Fsp3) is 0.417. The zero-order chi connectivity index (χ0) is 12.4. The zero-order valence-electron chi connectivity index (χ0n) is 10.2. The summed E-state index contributed by atoms with van der Waals surface area (Å²) in [6.45, 7) is 5.22. The predicted molar refractivity (Wildman–Crippen MR) is 78.2 cm³/mol. The van der Waals surface area contributed by atoms with E-state index in [1.54, 1.807) is 11.8 Å².